The van der Waals surface area contributed by atoms with E-state index in [4.69, 9.17) is 23.2 Å². The number of hydrogen-bond donors (Lipinski definition) is 1. The third-order valence-corrected chi connectivity index (χ3v) is 8.25. The lowest BCUT2D eigenvalue weighted by atomic mass is 9.95. The monoisotopic (exact) mass is 462 g/mol. The van der Waals surface area contributed by atoms with Gasteiger partial charge in [-0.15, -0.1) is 0 Å². The number of halogens is 2. The highest BCUT2D eigenvalue weighted by molar-refractivity contribution is 7.88. The number of rotatable bonds is 10. The largest absolute Gasteiger partial charge is 0.356 e. The minimum atomic E-state index is -3.46. The molecule has 0 radical (unpaired) electrons. The number of nitrogens with zero attached hydrogens (tertiary/aromatic N) is 1. The molecule has 0 saturated carbocycles. The van der Waals surface area contributed by atoms with E-state index in [-0.39, 0.29) is 17.6 Å². The van der Waals surface area contributed by atoms with E-state index >= 15 is 0 Å². The van der Waals surface area contributed by atoms with Gasteiger partial charge in [-0.3, -0.25) is 4.79 Å². The van der Waals surface area contributed by atoms with Crippen molar-refractivity contribution in [3.05, 3.63) is 33.8 Å². The summed E-state index contributed by atoms with van der Waals surface area (Å²) in [6.07, 6.45) is 5.66. The van der Waals surface area contributed by atoms with Crippen molar-refractivity contribution in [2.75, 3.05) is 19.6 Å². The van der Waals surface area contributed by atoms with Crippen LogP contribution in [0.2, 0.25) is 10.0 Å². The van der Waals surface area contributed by atoms with Gasteiger partial charge in [-0.1, -0.05) is 62.4 Å². The molecule has 0 unspecified atom stereocenters. The second kappa shape index (κ2) is 11.5. The van der Waals surface area contributed by atoms with Gasteiger partial charge in [0.05, 0.1) is 15.8 Å². The molecule has 1 saturated heterocycles. The van der Waals surface area contributed by atoms with Crippen molar-refractivity contribution in [2.24, 2.45) is 11.8 Å². The number of piperidine rings is 1. The number of hydrogen-bond acceptors (Lipinski definition) is 3. The van der Waals surface area contributed by atoms with Gasteiger partial charge in [-0.05, 0) is 42.9 Å². The summed E-state index contributed by atoms with van der Waals surface area (Å²) < 4.78 is 26.9. The van der Waals surface area contributed by atoms with Crippen LogP contribution in [0, 0.1) is 11.8 Å². The van der Waals surface area contributed by atoms with E-state index in [1.54, 1.807) is 18.2 Å². The average Bonchev–Trinajstić information content (AvgIpc) is 2.70. The van der Waals surface area contributed by atoms with E-state index < -0.39 is 10.0 Å². The Bertz CT molecular complexity index is 778. The van der Waals surface area contributed by atoms with Gasteiger partial charge in [0.1, 0.15) is 0 Å². The zero-order chi connectivity index (χ0) is 21.4. The van der Waals surface area contributed by atoms with Gasteiger partial charge >= 0.3 is 0 Å². The number of carbonyl (C=O) groups is 1. The summed E-state index contributed by atoms with van der Waals surface area (Å²) in [5, 5.41) is 3.83. The molecule has 0 aliphatic carbocycles. The first-order valence-electron chi connectivity index (χ1n) is 10.5. The minimum Gasteiger partial charge on any atom is -0.356 e. The highest BCUT2D eigenvalue weighted by Gasteiger charge is 2.31. The predicted octanol–water partition coefficient (Wildman–Crippen LogP) is 4.87. The topological polar surface area (TPSA) is 66.5 Å². The Hall–Kier alpha value is -0.820. The molecule has 2 rings (SSSR count). The van der Waals surface area contributed by atoms with Crippen LogP contribution in [0.25, 0.3) is 0 Å². The maximum atomic E-state index is 12.7. The van der Waals surface area contributed by atoms with E-state index in [1.165, 1.54) is 17.1 Å². The zero-order valence-corrected chi connectivity index (χ0v) is 19.6. The van der Waals surface area contributed by atoms with Crippen molar-refractivity contribution in [1.29, 1.82) is 0 Å². The fraction of sp³-hybridized carbons (Fsp3) is 0.667. The molecule has 0 spiro atoms. The lowest BCUT2D eigenvalue weighted by Crippen LogP contribution is -2.44. The van der Waals surface area contributed by atoms with Crippen molar-refractivity contribution in [1.82, 2.24) is 9.62 Å². The Morgan fingerprint density at radius 1 is 1.21 bits per heavy atom. The molecule has 1 fully saturated rings. The Morgan fingerprint density at radius 2 is 1.90 bits per heavy atom. The summed E-state index contributed by atoms with van der Waals surface area (Å²) in [7, 11) is -3.46. The summed E-state index contributed by atoms with van der Waals surface area (Å²) in [5.41, 5.74) is 0.608. The SMILES string of the molecule is CCCC[C@@H](CC)CNC(=O)C1CCN(S(=O)(=O)Cc2ccc(Cl)c(Cl)c2)CC1. The van der Waals surface area contributed by atoms with Crippen molar-refractivity contribution in [3.8, 4) is 0 Å². The molecule has 1 amide bonds. The van der Waals surface area contributed by atoms with Crippen molar-refractivity contribution in [2.45, 2.75) is 58.1 Å². The van der Waals surface area contributed by atoms with E-state index in [0.29, 0.717) is 54.0 Å². The molecule has 5 nitrogen and oxygen atoms in total. The number of nitrogens with one attached hydrogen (secondary N) is 1. The van der Waals surface area contributed by atoms with Crippen molar-refractivity contribution < 1.29 is 13.2 Å². The van der Waals surface area contributed by atoms with Gasteiger partial charge in [-0.2, -0.15) is 0 Å². The van der Waals surface area contributed by atoms with Gasteiger partial charge < -0.3 is 5.32 Å². The van der Waals surface area contributed by atoms with Crippen molar-refractivity contribution in [3.63, 3.8) is 0 Å². The lowest BCUT2D eigenvalue weighted by molar-refractivity contribution is -0.126. The predicted molar refractivity (Wildman–Crippen MR) is 120 cm³/mol. The lowest BCUT2D eigenvalue weighted by Gasteiger charge is -2.31. The molecule has 0 bridgehead atoms. The molecule has 1 aromatic carbocycles. The van der Waals surface area contributed by atoms with Crippen LogP contribution in [0.5, 0.6) is 0 Å². The van der Waals surface area contributed by atoms with Crippen molar-refractivity contribution >= 4 is 39.1 Å². The maximum Gasteiger partial charge on any atom is 0.223 e. The number of benzene rings is 1. The van der Waals surface area contributed by atoms with Gasteiger partial charge in [0.2, 0.25) is 15.9 Å². The fourth-order valence-electron chi connectivity index (χ4n) is 3.66. The summed E-state index contributed by atoms with van der Waals surface area (Å²) in [4.78, 5) is 12.5. The number of amides is 1. The highest BCUT2D eigenvalue weighted by Crippen LogP contribution is 2.26. The van der Waals surface area contributed by atoms with E-state index in [2.05, 4.69) is 19.2 Å². The van der Waals surface area contributed by atoms with Gasteiger partial charge in [0.25, 0.3) is 0 Å². The molecule has 1 aromatic rings. The molecule has 1 N–H and O–H groups in total. The molecule has 0 aromatic heterocycles. The normalized spacial score (nSPS) is 17.2. The van der Waals surface area contributed by atoms with Gasteiger partial charge in [-0.25, -0.2) is 12.7 Å². The van der Waals surface area contributed by atoms with Crippen LogP contribution in [0.15, 0.2) is 18.2 Å². The Labute approximate surface area is 185 Å². The summed E-state index contributed by atoms with van der Waals surface area (Å²) in [6.45, 7) is 5.78. The quantitative estimate of drug-likeness (QED) is 0.539. The standard InChI is InChI=1S/C21H32Cl2N2O3S/c1-3-5-6-16(4-2)14-24-21(26)18-9-11-25(12-10-18)29(27,28)15-17-7-8-19(22)20(23)13-17/h7-8,13,16,18H,3-6,9-12,14-15H2,1-2H3,(H,24,26)/t16-/m1/s1. The van der Waals surface area contributed by atoms with Crippen LogP contribution in [-0.2, 0) is 20.6 Å². The van der Waals surface area contributed by atoms with Crippen LogP contribution >= 0.6 is 23.2 Å². The minimum absolute atomic E-state index is 0.0569. The first-order valence-corrected chi connectivity index (χ1v) is 12.8. The first kappa shape index (κ1) is 24.4. The third kappa shape index (κ3) is 7.42. The molecule has 1 atom stereocenters. The van der Waals surface area contributed by atoms with Gasteiger partial charge in [0, 0.05) is 25.6 Å². The van der Waals surface area contributed by atoms with E-state index in [1.807, 2.05) is 0 Å². The maximum absolute atomic E-state index is 12.7. The molecular weight excluding hydrogens is 431 g/mol. The second-order valence-electron chi connectivity index (χ2n) is 7.84. The second-order valence-corrected chi connectivity index (χ2v) is 10.6. The molecule has 1 heterocycles. The highest BCUT2D eigenvalue weighted by atomic mass is 35.5. The summed E-state index contributed by atoms with van der Waals surface area (Å²) in [5.74, 6) is 0.346. The fourth-order valence-corrected chi connectivity index (χ4v) is 5.53. The van der Waals surface area contributed by atoms with E-state index in [0.717, 1.165) is 12.8 Å². The molecule has 29 heavy (non-hydrogen) atoms. The summed E-state index contributed by atoms with van der Waals surface area (Å²) in [6, 6.07) is 4.87. The number of sulfonamides is 1. The molecular formula is C21H32Cl2N2O3S. The first-order chi connectivity index (χ1) is 13.8. The Morgan fingerprint density at radius 3 is 2.48 bits per heavy atom. The van der Waals surface area contributed by atoms with Crippen LogP contribution in [0.1, 0.15) is 57.9 Å². The van der Waals surface area contributed by atoms with Crippen LogP contribution in [-0.4, -0.2) is 38.3 Å². The zero-order valence-electron chi connectivity index (χ0n) is 17.3. The Balaban J connectivity index is 1.84. The van der Waals surface area contributed by atoms with Gasteiger partial charge in [0.15, 0.2) is 0 Å². The van der Waals surface area contributed by atoms with Crippen LogP contribution in [0.3, 0.4) is 0 Å². The third-order valence-electron chi connectivity index (χ3n) is 5.66. The summed E-state index contributed by atoms with van der Waals surface area (Å²) >= 11 is 11.9. The van der Waals surface area contributed by atoms with Crippen LogP contribution < -0.4 is 5.32 Å². The van der Waals surface area contributed by atoms with E-state index in [9.17, 15) is 13.2 Å². The van der Waals surface area contributed by atoms with Crippen LogP contribution in [0.4, 0.5) is 0 Å². The molecule has 8 heteroatoms. The number of unbranched alkanes of at least 4 members (excludes halogenated alkanes) is 1. The Kier molecular flexibility index (Phi) is 9.73. The molecule has 1 aliphatic heterocycles. The number of carbonyl (C=O) groups excluding carboxylic acids is 1. The molecule has 1 aliphatic rings. The smallest absolute Gasteiger partial charge is 0.223 e. The average molecular weight is 463 g/mol. The molecule has 164 valence electrons.